The highest BCUT2D eigenvalue weighted by atomic mass is 32.1. The van der Waals surface area contributed by atoms with Crippen LogP contribution in [0, 0.1) is 0 Å². The van der Waals surface area contributed by atoms with Crippen molar-refractivity contribution in [2.75, 3.05) is 35.7 Å². The zero-order valence-corrected chi connectivity index (χ0v) is 20.6. The lowest BCUT2D eigenvalue weighted by Crippen LogP contribution is -2.56. The second-order valence-corrected chi connectivity index (χ2v) is 10.3. The lowest BCUT2D eigenvalue weighted by Gasteiger charge is -2.42. The Morgan fingerprint density at radius 2 is 1.94 bits per heavy atom. The smallest absolute Gasteiger partial charge is 0.348 e. The summed E-state index contributed by atoms with van der Waals surface area (Å²) < 4.78 is 5.57. The number of piperidine rings is 1. The van der Waals surface area contributed by atoms with Gasteiger partial charge in [0, 0.05) is 18.5 Å². The molecule has 184 valence electrons. The number of benzene rings is 1. The fourth-order valence-electron chi connectivity index (χ4n) is 4.56. The normalized spacial score (nSPS) is 20.9. The quantitative estimate of drug-likeness (QED) is 0.286. The number of ether oxygens (including phenoxy) is 1. The zero-order chi connectivity index (χ0) is 24.6. The van der Waals surface area contributed by atoms with Gasteiger partial charge in [-0.25, -0.2) is 9.78 Å². The largest absolute Gasteiger partial charge is 0.477 e. The monoisotopic (exact) mass is 514 g/mol. The number of amides is 1. The number of epoxide rings is 1. The first-order valence-corrected chi connectivity index (χ1v) is 12.9. The fraction of sp³-hybridized carbons (Fsp3) is 0.348. The van der Waals surface area contributed by atoms with Crippen LogP contribution in [0.3, 0.4) is 0 Å². The second-order valence-electron chi connectivity index (χ2n) is 8.52. The molecule has 5 rings (SSSR count). The molecule has 0 radical (unpaired) electrons. The topological polar surface area (TPSA) is 145 Å². The van der Waals surface area contributed by atoms with Crippen molar-refractivity contribution >= 4 is 56.7 Å². The predicted octanol–water partition coefficient (Wildman–Crippen LogP) is 3.14. The van der Waals surface area contributed by atoms with Gasteiger partial charge in [-0.05, 0) is 43.5 Å². The van der Waals surface area contributed by atoms with Crippen molar-refractivity contribution in [1.82, 2.24) is 10.3 Å². The van der Waals surface area contributed by atoms with E-state index >= 15 is 0 Å². The molecule has 0 bridgehead atoms. The van der Waals surface area contributed by atoms with Crippen molar-refractivity contribution in [3.8, 4) is 0 Å². The van der Waals surface area contributed by atoms with E-state index in [1.807, 2.05) is 31.3 Å². The van der Waals surface area contributed by atoms with E-state index in [0.29, 0.717) is 16.5 Å². The van der Waals surface area contributed by atoms with E-state index in [-0.39, 0.29) is 34.3 Å². The Morgan fingerprint density at radius 1 is 1.20 bits per heavy atom. The molecule has 2 fully saturated rings. The highest BCUT2D eigenvalue weighted by Gasteiger charge is 2.53. The van der Waals surface area contributed by atoms with Crippen molar-refractivity contribution in [3.05, 3.63) is 51.7 Å². The van der Waals surface area contributed by atoms with Gasteiger partial charge in [0.2, 0.25) is 0 Å². The number of likely N-dealkylation sites (N-methyl/N-ethyl adjacent to an activating group) is 1. The van der Waals surface area contributed by atoms with Crippen LogP contribution in [-0.4, -0.2) is 60.0 Å². The number of carbonyl (C=O) groups is 2. The lowest BCUT2D eigenvalue weighted by atomic mass is 9.84. The van der Waals surface area contributed by atoms with Gasteiger partial charge in [0.1, 0.15) is 22.9 Å². The van der Waals surface area contributed by atoms with Crippen molar-refractivity contribution in [2.24, 2.45) is 5.73 Å². The van der Waals surface area contributed by atoms with Gasteiger partial charge in [0.25, 0.3) is 5.91 Å². The summed E-state index contributed by atoms with van der Waals surface area (Å²) in [5.41, 5.74) is 8.18. The fourth-order valence-corrected chi connectivity index (χ4v) is 5.95. The van der Waals surface area contributed by atoms with Crippen molar-refractivity contribution < 1.29 is 19.4 Å². The highest BCUT2D eigenvalue weighted by Crippen LogP contribution is 2.39. The molecule has 2 unspecified atom stereocenters. The van der Waals surface area contributed by atoms with E-state index in [2.05, 4.69) is 25.8 Å². The summed E-state index contributed by atoms with van der Waals surface area (Å²) >= 11 is 2.37. The third-order valence-electron chi connectivity index (χ3n) is 6.55. The maximum atomic E-state index is 13.0. The first-order valence-electron chi connectivity index (χ1n) is 11.2. The number of thiophene rings is 1. The average molecular weight is 515 g/mol. The van der Waals surface area contributed by atoms with Crippen LogP contribution in [0.15, 0.2) is 41.1 Å². The molecule has 6 N–H and O–H groups in total. The van der Waals surface area contributed by atoms with Gasteiger partial charge >= 0.3 is 5.97 Å². The summed E-state index contributed by atoms with van der Waals surface area (Å²) in [5, 5.41) is 22.5. The SMILES string of the molecule is CNC1(C2OC2N)CCN(c2ccccc2NC(=O)c2csc(Nc3ccsc3C(=O)O)n2)CC1. The molecule has 3 aromatic rings. The number of anilines is 4. The van der Waals surface area contributed by atoms with Crippen LogP contribution in [-0.2, 0) is 4.74 Å². The minimum Gasteiger partial charge on any atom is -0.477 e. The molecule has 0 spiro atoms. The molecule has 2 atom stereocenters. The molecule has 2 aromatic heterocycles. The second kappa shape index (κ2) is 9.55. The number of hydrogen-bond donors (Lipinski definition) is 5. The average Bonchev–Trinajstić information content (AvgIpc) is 3.24. The van der Waals surface area contributed by atoms with Gasteiger partial charge in [-0.1, -0.05) is 12.1 Å². The molecule has 0 saturated carbocycles. The van der Waals surface area contributed by atoms with E-state index in [1.54, 1.807) is 16.8 Å². The molecule has 1 amide bonds. The van der Waals surface area contributed by atoms with Gasteiger partial charge in [-0.15, -0.1) is 22.7 Å². The summed E-state index contributed by atoms with van der Waals surface area (Å²) in [7, 11) is 1.95. The Labute approximate surface area is 210 Å². The van der Waals surface area contributed by atoms with E-state index in [9.17, 15) is 14.7 Å². The molecule has 2 aliphatic heterocycles. The van der Waals surface area contributed by atoms with E-state index in [0.717, 1.165) is 43.0 Å². The third-order valence-corrected chi connectivity index (χ3v) is 8.21. The number of carboxylic acid groups (broad SMARTS) is 1. The first kappa shape index (κ1) is 23.7. The maximum absolute atomic E-state index is 13.0. The zero-order valence-electron chi connectivity index (χ0n) is 19.0. The number of rotatable bonds is 8. The molecule has 10 nitrogen and oxygen atoms in total. The van der Waals surface area contributed by atoms with Gasteiger partial charge in [-0.3, -0.25) is 4.79 Å². The van der Waals surface area contributed by atoms with Crippen LogP contribution in [0.2, 0.25) is 0 Å². The van der Waals surface area contributed by atoms with Gasteiger partial charge in [0.15, 0.2) is 5.13 Å². The van der Waals surface area contributed by atoms with E-state index < -0.39 is 5.97 Å². The van der Waals surface area contributed by atoms with Gasteiger partial charge < -0.3 is 36.4 Å². The Bertz CT molecular complexity index is 1240. The van der Waals surface area contributed by atoms with Gasteiger partial charge in [0.05, 0.1) is 22.6 Å². The Morgan fingerprint density at radius 3 is 2.63 bits per heavy atom. The molecule has 0 aliphatic carbocycles. The number of carboxylic acids is 1. The summed E-state index contributed by atoms with van der Waals surface area (Å²) in [6, 6.07) is 9.39. The number of nitrogens with two attached hydrogens (primary N) is 1. The highest BCUT2D eigenvalue weighted by molar-refractivity contribution is 7.14. The molecular formula is C23H26N6O4S2. The summed E-state index contributed by atoms with van der Waals surface area (Å²) in [5.74, 6) is -1.34. The number of carbonyl (C=O) groups excluding carboxylic acids is 1. The summed E-state index contributed by atoms with van der Waals surface area (Å²) in [6.45, 7) is 1.61. The number of aromatic carboxylic acids is 1. The number of para-hydroxylation sites is 2. The van der Waals surface area contributed by atoms with Crippen molar-refractivity contribution in [2.45, 2.75) is 30.7 Å². The molecular weight excluding hydrogens is 488 g/mol. The molecule has 2 saturated heterocycles. The van der Waals surface area contributed by atoms with Crippen LogP contribution in [0.4, 0.5) is 22.2 Å². The first-order chi connectivity index (χ1) is 16.9. The Kier molecular flexibility index (Phi) is 6.47. The Balaban J connectivity index is 1.26. The minimum atomic E-state index is -1.01. The molecule has 1 aromatic carbocycles. The Hall–Kier alpha value is -3.03. The molecule has 12 heteroatoms. The number of nitrogens with one attached hydrogen (secondary N) is 3. The number of thiazole rings is 1. The van der Waals surface area contributed by atoms with Crippen LogP contribution in [0.1, 0.15) is 33.0 Å². The molecule has 4 heterocycles. The standard InChI is InChI=1S/C23H26N6O4S2/c1-25-23(18-19(24)33-18)7-9-29(10-8-23)16-5-3-2-4-13(16)26-20(30)15-12-35-22(28-15)27-14-6-11-34-17(14)21(31)32/h2-6,11-12,18-19,25H,7-10,24H2,1H3,(H,26,30)(H,27,28)(H,31,32). The maximum Gasteiger partial charge on any atom is 0.348 e. The third kappa shape index (κ3) is 4.75. The van der Waals surface area contributed by atoms with Crippen molar-refractivity contribution in [3.63, 3.8) is 0 Å². The van der Waals surface area contributed by atoms with Crippen LogP contribution in [0.5, 0.6) is 0 Å². The van der Waals surface area contributed by atoms with E-state index in [1.165, 1.54) is 11.3 Å². The number of aromatic nitrogens is 1. The predicted molar refractivity (Wildman–Crippen MR) is 137 cm³/mol. The summed E-state index contributed by atoms with van der Waals surface area (Å²) in [6.07, 6.45) is 1.60. The van der Waals surface area contributed by atoms with E-state index in [4.69, 9.17) is 10.5 Å². The van der Waals surface area contributed by atoms with Crippen LogP contribution < -0.4 is 26.6 Å². The van der Waals surface area contributed by atoms with Crippen LogP contribution >= 0.6 is 22.7 Å². The molecule has 35 heavy (non-hydrogen) atoms. The van der Waals surface area contributed by atoms with Crippen LogP contribution in [0.25, 0.3) is 0 Å². The summed E-state index contributed by atoms with van der Waals surface area (Å²) in [4.78, 5) is 31.1. The lowest BCUT2D eigenvalue weighted by molar-refractivity contribution is 0.0703. The molecule has 2 aliphatic rings. The van der Waals surface area contributed by atoms with Crippen molar-refractivity contribution in [1.29, 1.82) is 0 Å². The number of hydrogen-bond acceptors (Lipinski definition) is 10. The minimum absolute atomic E-state index is 0.0396. The number of nitrogens with zero attached hydrogens (tertiary/aromatic N) is 2. The van der Waals surface area contributed by atoms with Gasteiger partial charge in [-0.2, -0.15) is 0 Å².